The molecule has 3 fully saturated rings. The SMILES string of the molecule is CC(=O)OC1=C2CC[C@H]3[C@@H]4[C@@H](CC(C)C)CC(=O)[C@@]4(C)CC[C@@H]3[C@@]2(C)CCC1=O. The lowest BCUT2D eigenvalue weighted by Gasteiger charge is -2.57. The molecule has 4 aliphatic carbocycles. The van der Waals surface area contributed by atoms with Gasteiger partial charge in [-0.1, -0.05) is 27.7 Å². The number of esters is 1. The van der Waals surface area contributed by atoms with Crippen LogP contribution in [0.15, 0.2) is 11.3 Å². The van der Waals surface area contributed by atoms with Crippen LogP contribution in [0.4, 0.5) is 0 Å². The van der Waals surface area contributed by atoms with Crippen LogP contribution in [0.2, 0.25) is 0 Å². The molecule has 4 rings (SSSR count). The fourth-order valence-electron chi connectivity index (χ4n) is 7.81. The highest BCUT2D eigenvalue weighted by molar-refractivity contribution is 5.97. The van der Waals surface area contributed by atoms with Crippen molar-refractivity contribution in [3.8, 4) is 0 Å². The number of carbonyl (C=O) groups is 3. The Bertz CT molecular complexity index is 778. The van der Waals surface area contributed by atoms with Gasteiger partial charge >= 0.3 is 5.97 Å². The number of ketones is 2. The summed E-state index contributed by atoms with van der Waals surface area (Å²) in [6.45, 7) is 10.4. The number of hydrogen-bond donors (Lipinski definition) is 0. The molecule has 4 nitrogen and oxygen atoms in total. The number of allylic oxidation sites excluding steroid dienone is 1. The summed E-state index contributed by atoms with van der Waals surface area (Å²) in [7, 11) is 0. The minimum atomic E-state index is -0.401. The minimum absolute atomic E-state index is 0.0134. The smallest absolute Gasteiger partial charge is 0.308 e. The van der Waals surface area contributed by atoms with Crippen molar-refractivity contribution >= 4 is 17.5 Å². The third-order valence-corrected chi connectivity index (χ3v) is 8.94. The maximum atomic E-state index is 13.1. The van der Waals surface area contributed by atoms with Crippen LogP contribution in [0, 0.1) is 40.4 Å². The first-order valence-electron chi connectivity index (χ1n) is 11.6. The lowest BCUT2D eigenvalue weighted by Crippen LogP contribution is -2.52. The lowest BCUT2D eigenvalue weighted by atomic mass is 9.46. The van der Waals surface area contributed by atoms with E-state index in [0.717, 1.165) is 50.5 Å². The van der Waals surface area contributed by atoms with Crippen LogP contribution in [0.1, 0.15) is 86.0 Å². The Morgan fingerprint density at radius 3 is 2.48 bits per heavy atom. The molecule has 0 spiro atoms. The number of ether oxygens (including phenoxy) is 1. The van der Waals surface area contributed by atoms with Gasteiger partial charge < -0.3 is 4.74 Å². The topological polar surface area (TPSA) is 60.4 Å². The van der Waals surface area contributed by atoms with E-state index in [1.54, 1.807) is 0 Å². The highest BCUT2D eigenvalue weighted by Crippen LogP contribution is 2.66. The Labute approximate surface area is 174 Å². The van der Waals surface area contributed by atoms with Gasteiger partial charge in [0, 0.05) is 25.2 Å². The molecule has 0 heterocycles. The average molecular weight is 401 g/mol. The first kappa shape index (κ1) is 20.8. The predicted molar refractivity (Wildman–Crippen MR) is 111 cm³/mol. The van der Waals surface area contributed by atoms with E-state index >= 15 is 0 Å². The lowest BCUT2D eigenvalue weighted by molar-refractivity contribution is -0.143. The molecular formula is C25H36O4. The summed E-state index contributed by atoms with van der Waals surface area (Å²) >= 11 is 0. The summed E-state index contributed by atoms with van der Waals surface area (Å²) in [5.74, 6) is 2.98. The van der Waals surface area contributed by atoms with E-state index in [0.29, 0.717) is 47.6 Å². The van der Waals surface area contributed by atoms with E-state index in [1.807, 2.05) is 0 Å². The Hall–Kier alpha value is -1.45. The second-order valence-electron chi connectivity index (χ2n) is 11.0. The Kier molecular flexibility index (Phi) is 5.07. The van der Waals surface area contributed by atoms with Gasteiger partial charge in [0.1, 0.15) is 5.78 Å². The van der Waals surface area contributed by atoms with E-state index < -0.39 is 5.97 Å². The summed E-state index contributed by atoms with van der Waals surface area (Å²) in [6.07, 6.45) is 7.02. The number of Topliss-reactive ketones (excluding diaryl/α,β-unsaturated/α-hetero) is 2. The Balaban J connectivity index is 1.72. The highest BCUT2D eigenvalue weighted by atomic mass is 16.5. The molecule has 0 amide bonds. The number of hydrogen-bond acceptors (Lipinski definition) is 4. The van der Waals surface area contributed by atoms with Gasteiger partial charge in [-0.25, -0.2) is 0 Å². The van der Waals surface area contributed by atoms with E-state index in [1.165, 1.54) is 6.92 Å². The van der Waals surface area contributed by atoms with Crippen LogP contribution in [0.25, 0.3) is 0 Å². The normalized spacial score (nSPS) is 41.9. The van der Waals surface area contributed by atoms with Gasteiger partial charge in [0.2, 0.25) is 0 Å². The summed E-state index contributed by atoms with van der Waals surface area (Å²) < 4.78 is 5.45. The van der Waals surface area contributed by atoms with E-state index in [-0.39, 0.29) is 16.6 Å². The van der Waals surface area contributed by atoms with Crippen LogP contribution in [0.3, 0.4) is 0 Å². The standard InChI is InChI=1S/C25H36O4/c1-14(2)12-16-13-21(28)25(5)10-8-18-17(22(16)25)6-7-19-23(29-15(3)26)20(27)9-11-24(18,19)4/h14,16-18,22H,6-13H2,1-5H3/t16-,17+,18-,22-,24+,25+/m0/s1. The van der Waals surface area contributed by atoms with Crippen molar-refractivity contribution in [3.63, 3.8) is 0 Å². The molecule has 3 saturated carbocycles. The van der Waals surface area contributed by atoms with Gasteiger partial charge in [-0.15, -0.1) is 0 Å². The van der Waals surface area contributed by atoms with Gasteiger partial charge in [-0.2, -0.15) is 0 Å². The van der Waals surface area contributed by atoms with Crippen molar-refractivity contribution in [1.82, 2.24) is 0 Å². The summed E-state index contributed by atoms with van der Waals surface area (Å²) in [5.41, 5.74) is 0.830. The second kappa shape index (κ2) is 7.06. The maximum Gasteiger partial charge on any atom is 0.308 e. The van der Waals surface area contributed by atoms with Crippen molar-refractivity contribution in [3.05, 3.63) is 11.3 Å². The molecule has 29 heavy (non-hydrogen) atoms. The molecule has 0 aromatic heterocycles. The fourth-order valence-corrected chi connectivity index (χ4v) is 7.81. The molecule has 6 atom stereocenters. The molecule has 0 aromatic carbocycles. The van der Waals surface area contributed by atoms with Gasteiger partial charge in [0.25, 0.3) is 0 Å². The quantitative estimate of drug-likeness (QED) is 0.607. The number of rotatable bonds is 3. The first-order chi connectivity index (χ1) is 13.6. The third-order valence-electron chi connectivity index (χ3n) is 8.94. The molecule has 4 heteroatoms. The molecule has 0 aliphatic heterocycles. The zero-order valence-corrected chi connectivity index (χ0v) is 18.7. The molecule has 0 bridgehead atoms. The highest BCUT2D eigenvalue weighted by Gasteiger charge is 2.62. The summed E-state index contributed by atoms with van der Waals surface area (Å²) in [5, 5.41) is 0. The van der Waals surface area contributed by atoms with Crippen LogP contribution in [0.5, 0.6) is 0 Å². The number of carbonyl (C=O) groups excluding carboxylic acids is 3. The van der Waals surface area contributed by atoms with Crippen LogP contribution >= 0.6 is 0 Å². The summed E-state index contributed by atoms with van der Waals surface area (Å²) in [6, 6.07) is 0. The second-order valence-corrected chi connectivity index (χ2v) is 11.0. The first-order valence-corrected chi connectivity index (χ1v) is 11.6. The zero-order valence-electron chi connectivity index (χ0n) is 18.7. The van der Waals surface area contributed by atoms with Crippen LogP contribution in [-0.2, 0) is 19.1 Å². The van der Waals surface area contributed by atoms with E-state index in [9.17, 15) is 14.4 Å². The zero-order chi connectivity index (χ0) is 21.1. The number of fused-ring (bicyclic) bond motifs is 5. The molecule has 0 saturated heterocycles. The molecule has 0 N–H and O–H groups in total. The Morgan fingerprint density at radius 1 is 1.10 bits per heavy atom. The molecular weight excluding hydrogens is 364 g/mol. The fraction of sp³-hybridized carbons (Fsp3) is 0.800. The minimum Gasteiger partial charge on any atom is -0.423 e. The molecule has 0 unspecified atom stereocenters. The summed E-state index contributed by atoms with van der Waals surface area (Å²) in [4.78, 5) is 37.3. The van der Waals surface area contributed by atoms with Crippen molar-refractivity contribution in [2.75, 3.05) is 0 Å². The van der Waals surface area contributed by atoms with E-state index in [4.69, 9.17) is 4.74 Å². The van der Waals surface area contributed by atoms with Gasteiger partial charge in [-0.3, -0.25) is 14.4 Å². The van der Waals surface area contributed by atoms with Crippen molar-refractivity contribution < 1.29 is 19.1 Å². The third kappa shape index (κ3) is 3.13. The maximum absolute atomic E-state index is 13.1. The van der Waals surface area contributed by atoms with Crippen LogP contribution in [-0.4, -0.2) is 17.5 Å². The average Bonchev–Trinajstić information content (AvgIpc) is 2.87. The van der Waals surface area contributed by atoms with Crippen molar-refractivity contribution in [1.29, 1.82) is 0 Å². The van der Waals surface area contributed by atoms with Crippen molar-refractivity contribution in [2.24, 2.45) is 40.4 Å². The monoisotopic (exact) mass is 400 g/mol. The van der Waals surface area contributed by atoms with Gasteiger partial charge in [0.15, 0.2) is 11.5 Å². The molecule has 0 radical (unpaired) electrons. The van der Waals surface area contributed by atoms with Gasteiger partial charge in [-0.05, 0) is 79.1 Å². The molecule has 160 valence electrons. The van der Waals surface area contributed by atoms with Gasteiger partial charge in [0.05, 0.1) is 0 Å². The van der Waals surface area contributed by atoms with Crippen LogP contribution < -0.4 is 0 Å². The Morgan fingerprint density at radius 2 is 1.83 bits per heavy atom. The molecule has 0 aromatic rings. The largest absolute Gasteiger partial charge is 0.423 e. The van der Waals surface area contributed by atoms with E-state index in [2.05, 4.69) is 27.7 Å². The predicted octanol–water partition coefficient (Wildman–Crippen LogP) is 5.25. The van der Waals surface area contributed by atoms with Crippen molar-refractivity contribution in [2.45, 2.75) is 86.0 Å². The molecule has 4 aliphatic rings.